The predicted molar refractivity (Wildman–Crippen MR) is 95.7 cm³/mol. The Morgan fingerprint density at radius 1 is 1.09 bits per heavy atom. The van der Waals surface area contributed by atoms with Crippen molar-refractivity contribution >= 4 is 35.0 Å². The van der Waals surface area contributed by atoms with Crippen LogP contribution in [0.3, 0.4) is 0 Å². The van der Waals surface area contributed by atoms with Gasteiger partial charge in [0, 0.05) is 25.0 Å². The third-order valence-electron chi connectivity index (χ3n) is 2.96. The van der Waals surface area contributed by atoms with Gasteiger partial charge in [-0.15, -0.1) is 11.3 Å². The van der Waals surface area contributed by atoms with Crippen LogP contribution in [0.1, 0.15) is 5.82 Å². The van der Waals surface area contributed by atoms with E-state index in [1.807, 2.05) is 37.2 Å². The van der Waals surface area contributed by atoms with Crippen LogP contribution in [0.15, 0.2) is 40.1 Å². The molecule has 3 aromatic rings. The molecular weight excluding hydrogens is 328 g/mol. The number of aromatic nitrogens is 4. The Morgan fingerprint density at radius 3 is 2.61 bits per heavy atom. The largest absolute Gasteiger partial charge is 0.368 e. The molecule has 0 bridgehead atoms. The summed E-state index contributed by atoms with van der Waals surface area (Å²) < 4.78 is 0.981. The number of hydrogen-bond donors (Lipinski definition) is 1. The van der Waals surface area contributed by atoms with Crippen LogP contribution in [0.5, 0.6) is 0 Å². The molecule has 0 saturated carbocycles. The van der Waals surface area contributed by atoms with Crippen molar-refractivity contribution in [1.82, 2.24) is 19.9 Å². The van der Waals surface area contributed by atoms with Crippen LogP contribution in [-0.2, 0) is 5.75 Å². The molecule has 118 valence electrons. The molecule has 0 spiro atoms. The highest BCUT2D eigenvalue weighted by molar-refractivity contribution is 8.00. The summed E-state index contributed by atoms with van der Waals surface area (Å²) in [4.78, 5) is 19.1. The van der Waals surface area contributed by atoms with E-state index >= 15 is 0 Å². The summed E-state index contributed by atoms with van der Waals surface area (Å²) in [7, 11) is 3.75. The number of anilines is 2. The van der Waals surface area contributed by atoms with Crippen molar-refractivity contribution in [3.63, 3.8) is 0 Å². The Hall–Kier alpha value is -2.19. The first-order valence-corrected chi connectivity index (χ1v) is 8.80. The normalized spacial score (nSPS) is 10.7. The van der Waals surface area contributed by atoms with Gasteiger partial charge in [-0.05, 0) is 0 Å². The first kappa shape index (κ1) is 15.7. The summed E-state index contributed by atoms with van der Waals surface area (Å²) in [5.41, 5.74) is 7.84. The molecular formula is C15H16N6S2. The minimum atomic E-state index is 0.239. The lowest BCUT2D eigenvalue weighted by Crippen LogP contribution is -2.15. The number of nitrogens with two attached hydrogens (primary N) is 1. The monoisotopic (exact) mass is 344 g/mol. The highest BCUT2D eigenvalue weighted by Gasteiger charge is 2.09. The zero-order chi connectivity index (χ0) is 16.2. The van der Waals surface area contributed by atoms with E-state index in [-0.39, 0.29) is 5.95 Å². The van der Waals surface area contributed by atoms with E-state index in [0.717, 1.165) is 15.6 Å². The fraction of sp³-hybridized carbons (Fsp3) is 0.200. The molecule has 23 heavy (non-hydrogen) atoms. The minimum Gasteiger partial charge on any atom is -0.368 e. The lowest BCUT2D eigenvalue weighted by Gasteiger charge is -2.10. The van der Waals surface area contributed by atoms with Gasteiger partial charge in [-0.3, -0.25) is 0 Å². The van der Waals surface area contributed by atoms with Crippen molar-refractivity contribution in [2.24, 2.45) is 0 Å². The van der Waals surface area contributed by atoms with Crippen molar-refractivity contribution in [3.05, 3.63) is 41.5 Å². The maximum atomic E-state index is 5.74. The van der Waals surface area contributed by atoms with Gasteiger partial charge in [0.15, 0.2) is 4.34 Å². The van der Waals surface area contributed by atoms with Gasteiger partial charge >= 0.3 is 0 Å². The number of rotatable bonds is 5. The van der Waals surface area contributed by atoms with Crippen LogP contribution < -0.4 is 10.6 Å². The average Bonchev–Trinajstić information content (AvgIpc) is 3.02. The first-order chi connectivity index (χ1) is 11.1. The molecule has 2 N–H and O–H groups in total. The molecule has 0 amide bonds. The summed E-state index contributed by atoms with van der Waals surface area (Å²) in [6.07, 6.45) is 0. The summed E-state index contributed by atoms with van der Waals surface area (Å²) in [5.74, 6) is 2.07. The van der Waals surface area contributed by atoms with Crippen LogP contribution in [0.4, 0.5) is 11.9 Å². The number of benzene rings is 1. The quantitative estimate of drug-likeness (QED) is 0.713. The summed E-state index contributed by atoms with van der Waals surface area (Å²) in [5, 5.41) is 2.06. The molecule has 0 atom stereocenters. The van der Waals surface area contributed by atoms with Gasteiger partial charge in [-0.25, -0.2) is 4.98 Å². The second-order valence-corrected chi connectivity index (χ2v) is 7.04. The Kier molecular flexibility index (Phi) is 4.73. The molecule has 8 heteroatoms. The van der Waals surface area contributed by atoms with Crippen molar-refractivity contribution in [1.29, 1.82) is 0 Å². The van der Waals surface area contributed by atoms with Crippen molar-refractivity contribution in [3.8, 4) is 11.3 Å². The van der Waals surface area contributed by atoms with E-state index in [2.05, 4.69) is 37.4 Å². The molecule has 0 radical (unpaired) electrons. The number of thiazole rings is 1. The smallest absolute Gasteiger partial charge is 0.229 e. The van der Waals surface area contributed by atoms with E-state index in [1.165, 1.54) is 0 Å². The Bertz CT molecular complexity index is 788. The SMILES string of the molecule is CN(C)c1nc(N)nc(CSc2nc(-c3ccccc3)cs2)n1. The minimum absolute atomic E-state index is 0.239. The second kappa shape index (κ2) is 6.93. The van der Waals surface area contributed by atoms with Crippen molar-refractivity contribution in [2.75, 3.05) is 24.7 Å². The van der Waals surface area contributed by atoms with E-state index in [0.29, 0.717) is 17.5 Å². The molecule has 6 nitrogen and oxygen atoms in total. The van der Waals surface area contributed by atoms with Crippen LogP contribution in [-0.4, -0.2) is 34.0 Å². The fourth-order valence-electron chi connectivity index (χ4n) is 1.88. The Morgan fingerprint density at radius 2 is 1.87 bits per heavy atom. The fourth-order valence-corrected chi connectivity index (χ4v) is 3.57. The number of hydrogen-bond acceptors (Lipinski definition) is 8. The molecule has 0 aliphatic rings. The van der Waals surface area contributed by atoms with E-state index in [1.54, 1.807) is 23.1 Å². The number of nitrogen functional groups attached to an aromatic ring is 1. The Balaban J connectivity index is 1.71. The highest BCUT2D eigenvalue weighted by atomic mass is 32.2. The van der Waals surface area contributed by atoms with Gasteiger partial charge in [0.1, 0.15) is 5.82 Å². The Labute approximate surface area is 142 Å². The highest BCUT2D eigenvalue weighted by Crippen LogP contribution is 2.29. The molecule has 2 aromatic heterocycles. The summed E-state index contributed by atoms with van der Waals surface area (Å²) >= 11 is 3.22. The third-order valence-corrected chi connectivity index (χ3v) is 4.98. The molecule has 3 rings (SSSR count). The zero-order valence-electron chi connectivity index (χ0n) is 12.8. The average molecular weight is 344 g/mol. The summed E-state index contributed by atoms with van der Waals surface area (Å²) in [6, 6.07) is 10.1. The van der Waals surface area contributed by atoms with Gasteiger partial charge in [-0.1, -0.05) is 42.1 Å². The van der Waals surface area contributed by atoms with Gasteiger partial charge in [-0.2, -0.15) is 15.0 Å². The topological polar surface area (TPSA) is 80.8 Å². The zero-order valence-corrected chi connectivity index (χ0v) is 14.4. The van der Waals surface area contributed by atoms with Crippen LogP contribution in [0.2, 0.25) is 0 Å². The van der Waals surface area contributed by atoms with Gasteiger partial charge < -0.3 is 10.6 Å². The maximum Gasteiger partial charge on any atom is 0.229 e. The third kappa shape index (κ3) is 3.96. The van der Waals surface area contributed by atoms with Crippen molar-refractivity contribution < 1.29 is 0 Å². The van der Waals surface area contributed by atoms with Gasteiger partial charge in [0.25, 0.3) is 0 Å². The van der Waals surface area contributed by atoms with E-state index in [4.69, 9.17) is 5.73 Å². The molecule has 0 aliphatic heterocycles. The molecule has 1 aromatic carbocycles. The maximum absolute atomic E-state index is 5.74. The standard InChI is InChI=1S/C15H16N6S2/c1-21(2)14-19-12(18-13(16)20-14)9-23-15-17-11(8-22-15)10-6-4-3-5-7-10/h3-8H,9H2,1-2H3,(H2,16,18,19,20). The van der Waals surface area contributed by atoms with Gasteiger partial charge in [0.2, 0.25) is 11.9 Å². The lowest BCUT2D eigenvalue weighted by molar-refractivity contribution is 0.919. The van der Waals surface area contributed by atoms with Crippen LogP contribution >= 0.6 is 23.1 Å². The first-order valence-electron chi connectivity index (χ1n) is 6.93. The number of thioether (sulfide) groups is 1. The van der Waals surface area contributed by atoms with Crippen molar-refractivity contribution in [2.45, 2.75) is 10.1 Å². The van der Waals surface area contributed by atoms with Gasteiger partial charge in [0.05, 0.1) is 11.4 Å². The molecule has 0 saturated heterocycles. The molecule has 0 unspecified atom stereocenters. The second-order valence-electron chi connectivity index (χ2n) is 4.96. The number of nitrogens with zero attached hydrogens (tertiary/aromatic N) is 5. The lowest BCUT2D eigenvalue weighted by atomic mass is 10.2. The van der Waals surface area contributed by atoms with E-state index in [9.17, 15) is 0 Å². The molecule has 0 aliphatic carbocycles. The predicted octanol–water partition coefficient (Wildman–Crippen LogP) is 2.94. The molecule has 2 heterocycles. The summed E-state index contributed by atoms with van der Waals surface area (Å²) in [6.45, 7) is 0. The van der Waals surface area contributed by atoms with Crippen LogP contribution in [0.25, 0.3) is 11.3 Å². The van der Waals surface area contributed by atoms with E-state index < -0.39 is 0 Å². The molecule has 0 fully saturated rings. The van der Waals surface area contributed by atoms with Crippen LogP contribution in [0, 0.1) is 0 Å².